The lowest BCUT2D eigenvalue weighted by Gasteiger charge is -2.28. The summed E-state index contributed by atoms with van der Waals surface area (Å²) in [5.74, 6) is -0.0582. The van der Waals surface area contributed by atoms with Crippen LogP contribution in [0.3, 0.4) is 0 Å². The molecule has 4 rings (SSSR count). The second-order valence-corrected chi connectivity index (χ2v) is 11.5. The normalized spacial score (nSPS) is 18.0. The summed E-state index contributed by atoms with van der Waals surface area (Å²) in [5, 5.41) is 1.01. The average Bonchev–Trinajstić information content (AvgIpc) is 2.90. The third-order valence-corrected chi connectivity index (χ3v) is 8.71. The van der Waals surface area contributed by atoms with Crippen molar-refractivity contribution < 1.29 is 13.2 Å². The Kier molecular flexibility index (Phi) is 10.4. The summed E-state index contributed by atoms with van der Waals surface area (Å²) in [7, 11) is 0. The van der Waals surface area contributed by atoms with Gasteiger partial charge in [0.1, 0.15) is 22.5 Å². The van der Waals surface area contributed by atoms with Crippen LogP contribution < -0.4 is 0 Å². The van der Waals surface area contributed by atoms with Gasteiger partial charge in [0.05, 0.1) is 0 Å². The van der Waals surface area contributed by atoms with Crippen molar-refractivity contribution in [1.82, 2.24) is 0 Å². The predicted molar refractivity (Wildman–Crippen MR) is 150 cm³/mol. The number of halogens is 4. The minimum atomic E-state index is -0.783. The first-order valence-corrected chi connectivity index (χ1v) is 14.7. The fraction of sp³-hybridized carbons (Fsp3) is 0.515. The molecule has 3 aromatic rings. The molecule has 1 aliphatic carbocycles. The van der Waals surface area contributed by atoms with Crippen LogP contribution in [0.1, 0.15) is 94.2 Å². The van der Waals surface area contributed by atoms with Crippen molar-refractivity contribution in [2.24, 2.45) is 11.8 Å². The molecule has 0 radical (unpaired) electrons. The minimum Gasteiger partial charge on any atom is -0.206 e. The highest BCUT2D eigenvalue weighted by Crippen LogP contribution is 2.35. The number of rotatable bonds is 12. The Morgan fingerprint density at radius 3 is 2.08 bits per heavy atom. The summed E-state index contributed by atoms with van der Waals surface area (Å²) in [6.07, 6.45) is 16.8. The standard InChI is InChI=1S/C33H40ClF3/c1-2-3-4-5-6-7-23-8-10-24(11-9-23)12-13-25-15-19-29-28(20-25)18-17-27(33(29)37)16-14-26-21-30(35)32(34)31(36)22-26/h15,17-24H,2-14,16H2,1H3. The van der Waals surface area contributed by atoms with Gasteiger partial charge >= 0.3 is 0 Å². The van der Waals surface area contributed by atoms with Crippen molar-refractivity contribution in [1.29, 1.82) is 0 Å². The lowest BCUT2D eigenvalue weighted by atomic mass is 9.77. The van der Waals surface area contributed by atoms with E-state index in [1.54, 1.807) is 6.07 Å². The van der Waals surface area contributed by atoms with E-state index in [1.807, 2.05) is 12.1 Å². The first-order valence-electron chi connectivity index (χ1n) is 14.3. The second kappa shape index (κ2) is 13.7. The molecule has 0 spiro atoms. The second-order valence-electron chi connectivity index (χ2n) is 11.1. The number of benzene rings is 3. The third kappa shape index (κ3) is 7.76. The summed E-state index contributed by atoms with van der Waals surface area (Å²) in [5.41, 5.74) is 2.29. The molecule has 0 bridgehead atoms. The quantitative estimate of drug-likeness (QED) is 0.162. The van der Waals surface area contributed by atoms with Crippen molar-refractivity contribution in [2.45, 2.75) is 96.8 Å². The summed E-state index contributed by atoms with van der Waals surface area (Å²) in [4.78, 5) is 0. The monoisotopic (exact) mass is 528 g/mol. The first-order chi connectivity index (χ1) is 17.9. The highest BCUT2D eigenvalue weighted by molar-refractivity contribution is 6.30. The maximum Gasteiger partial charge on any atom is 0.145 e. The zero-order valence-corrected chi connectivity index (χ0v) is 22.9. The van der Waals surface area contributed by atoms with Gasteiger partial charge in [-0.25, -0.2) is 13.2 Å². The van der Waals surface area contributed by atoms with Gasteiger partial charge in [-0.15, -0.1) is 0 Å². The zero-order valence-electron chi connectivity index (χ0n) is 22.1. The van der Waals surface area contributed by atoms with Crippen molar-refractivity contribution in [3.05, 3.63) is 81.6 Å². The van der Waals surface area contributed by atoms with Gasteiger partial charge in [0, 0.05) is 5.39 Å². The van der Waals surface area contributed by atoms with Gasteiger partial charge < -0.3 is 0 Å². The smallest absolute Gasteiger partial charge is 0.145 e. The largest absolute Gasteiger partial charge is 0.206 e. The first kappa shape index (κ1) is 28.0. The molecule has 37 heavy (non-hydrogen) atoms. The molecule has 0 aromatic heterocycles. The summed E-state index contributed by atoms with van der Waals surface area (Å²) in [6, 6.07) is 12.3. The van der Waals surface area contributed by atoms with E-state index in [9.17, 15) is 8.78 Å². The van der Waals surface area contributed by atoms with Crippen LogP contribution in [0.5, 0.6) is 0 Å². The fourth-order valence-corrected chi connectivity index (χ4v) is 6.09. The Balaban J connectivity index is 1.27. The number of unbranched alkanes of at least 4 members (excludes halogenated alkanes) is 4. The Morgan fingerprint density at radius 2 is 1.38 bits per heavy atom. The molecular weight excluding hydrogens is 489 g/mol. The number of hydrogen-bond donors (Lipinski definition) is 0. The molecule has 0 heterocycles. The van der Waals surface area contributed by atoms with Crippen molar-refractivity contribution >= 4 is 22.4 Å². The number of hydrogen-bond acceptors (Lipinski definition) is 0. The Hall–Kier alpha value is -2.00. The maximum absolute atomic E-state index is 15.2. The molecule has 1 aliphatic rings. The molecule has 200 valence electrons. The van der Waals surface area contributed by atoms with Gasteiger partial charge in [-0.05, 0) is 71.7 Å². The summed E-state index contributed by atoms with van der Waals surface area (Å²) >= 11 is 5.56. The lowest BCUT2D eigenvalue weighted by molar-refractivity contribution is 0.249. The Morgan fingerprint density at radius 1 is 0.703 bits per heavy atom. The van der Waals surface area contributed by atoms with Crippen LogP contribution in [0, 0.1) is 29.3 Å². The fourth-order valence-electron chi connectivity index (χ4n) is 5.98. The van der Waals surface area contributed by atoms with Crippen LogP contribution >= 0.6 is 11.6 Å². The molecule has 4 heteroatoms. The van der Waals surface area contributed by atoms with Crippen LogP contribution in [0.15, 0.2) is 42.5 Å². The van der Waals surface area contributed by atoms with Crippen LogP contribution in [-0.2, 0) is 19.3 Å². The molecule has 0 aliphatic heterocycles. The van der Waals surface area contributed by atoms with Crippen molar-refractivity contribution in [3.63, 3.8) is 0 Å². The molecule has 0 saturated heterocycles. The van der Waals surface area contributed by atoms with E-state index in [1.165, 1.54) is 88.3 Å². The highest BCUT2D eigenvalue weighted by atomic mass is 35.5. The molecule has 0 N–H and O–H groups in total. The highest BCUT2D eigenvalue weighted by Gasteiger charge is 2.21. The summed E-state index contributed by atoms with van der Waals surface area (Å²) in [6.45, 7) is 2.27. The Bertz CT molecular complexity index is 1140. The molecule has 0 unspecified atom stereocenters. The zero-order chi connectivity index (χ0) is 26.2. The van der Waals surface area contributed by atoms with Gasteiger partial charge in [0.15, 0.2) is 0 Å². The number of fused-ring (bicyclic) bond motifs is 1. The van der Waals surface area contributed by atoms with Crippen LogP contribution in [0.2, 0.25) is 5.02 Å². The van der Waals surface area contributed by atoms with E-state index < -0.39 is 16.7 Å². The van der Waals surface area contributed by atoms with E-state index in [4.69, 9.17) is 11.6 Å². The molecule has 0 nitrogen and oxygen atoms in total. The molecule has 1 fully saturated rings. The topological polar surface area (TPSA) is 0 Å². The molecule has 0 atom stereocenters. The molecule has 1 saturated carbocycles. The lowest BCUT2D eigenvalue weighted by Crippen LogP contribution is -2.15. The minimum absolute atomic E-state index is 0.244. The van der Waals surface area contributed by atoms with E-state index in [0.717, 1.165) is 23.6 Å². The van der Waals surface area contributed by atoms with Crippen molar-refractivity contribution in [2.75, 3.05) is 0 Å². The maximum atomic E-state index is 15.2. The average molecular weight is 529 g/mol. The third-order valence-electron chi connectivity index (χ3n) is 8.35. The van der Waals surface area contributed by atoms with Gasteiger partial charge in [-0.1, -0.05) is 113 Å². The van der Waals surface area contributed by atoms with Crippen LogP contribution in [0.4, 0.5) is 13.2 Å². The van der Waals surface area contributed by atoms with Crippen LogP contribution in [-0.4, -0.2) is 0 Å². The number of aryl methyl sites for hydroxylation is 3. The van der Waals surface area contributed by atoms with Crippen molar-refractivity contribution in [3.8, 4) is 0 Å². The van der Waals surface area contributed by atoms with E-state index in [-0.39, 0.29) is 5.82 Å². The van der Waals surface area contributed by atoms with Gasteiger partial charge in [0.2, 0.25) is 0 Å². The van der Waals surface area contributed by atoms with Gasteiger partial charge in [-0.3, -0.25) is 0 Å². The molecule has 0 amide bonds. The molecule has 3 aromatic carbocycles. The predicted octanol–water partition coefficient (Wildman–Crippen LogP) is 10.8. The van der Waals surface area contributed by atoms with E-state index in [0.29, 0.717) is 29.4 Å². The van der Waals surface area contributed by atoms with Crippen LogP contribution in [0.25, 0.3) is 10.8 Å². The van der Waals surface area contributed by atoms with E-state index in [2.05, 4.69) is 19.1 Å². The van der Waals surface area contributed by atoms with Gasteiger partial charge in [-0.2, -0.15) is 0 Å². The Labute approximate surface area is 225 Å². The molecular formula is C33H40ClF3. The summed E-state index contributed by atoms with van der Waals surface area (Å²) < 4.78 is 42.7. The van der Waals surface area contributed by atoms with E-state index >= 15 is 4.39 Å². The SMILES string of the molecule is CCCCCCCC1CCC(CCc2ccc3c(F)c(CCc4cc(F)c(Cl)c(F)c4)ccc3c2)CC1. The van der Waals surface area contributed by atoms with Gasteiger partial charge in [0.25, 0.3) is 0 Å².